The van der Waals surface area contributed by atoms with Gasteiger partial charge in [-0.05, 0) is 74.4 Å². The van der Waals surface area contributed by atoms with E-state index >= 15 is 0 Å². The van der Waals surface area contributed by atoms with E-state index < -0.39 is 6.04 Å². The summed E-state index contributed by atoms with van der Waals surface area (Å²) in [4.78, 5) is 6.50. The van der Waals surface area contributed by atoms with E-state index in [4.69, 9.17) is 16.7 Å². The SMILES string of the molecule is CC1=C(c2nc(-c3ccc(C)cc3)no2)C(c2ccc(F)cc2)NC(=S)N1c1ccc(F)c(C)c1. The molecule has 1 N–H and O–H groups in total. The van der Waals surface area contributed by atoms with Crippen LogP contribution in [0.5, 0.6) is 0 Å². The lowest BCUT2D eigenvalue weighted by atomic mass is 9.94. The number of thiocarbonyl (C=S) groups is 1. The van der Waals surface area contributed by atoms with Crippen molar-refractivity contribution in [2.45, 2.75) is 26.8 Å². The zero-order valence-electron chi connectivity index (χ0n) is 19.3. The van der Waals surface area contributed by atoms with Crippen LogP contribution in [-0.2, 0) is 0 Å². The number of benzene rings is 3. The number of aromatic nitrogens is 2. The number of rotatable bonds is 4. The Morgan fingerprint density at radius 3 is 2.34 bits per heavy atom. The maximum absolute atomic E-state index is 14.0. The minimum absolute atomic E-state index is 0.296. The van der Waals surface area contributed by atoms with Gasteiger partial charge >= 0.3 is 0 Å². The molecule has 5 nitrogen and oxygen atoms in total. The lowest BCUT2D eigenvalue weighted by molar-refractivity contribution is 0.404. The average Bonchev–Trinajstić information content (AvgIpc) is 3.31. The highest BCUT2D eigenvalue weighted by Crippen LogP contribution is 2.39. The maximum Gasteiger partial charge on any atom is 0.258 e. The summed E-state index contributed by atoms with van der Waals surface area (Å²) in [6.07, 6.45) is 0. The second kappa shape index (κ2) is 9.03. The van der Waals surface area contributed by atoms with E-state index in [2.05, 4.69) is 15.5 Å². The first kappa shape index (κ1) is 22.9. The monoisotopic (exact) mass is 488 g/mol. The molecule has 1 atom stereocenters. The zero-order chi connectivity index (χ0) is 24.7. The van der Waals surface area contributed by atoms with Gasteiger partial charge in [-0.25, -0.2) is 8.78 Å². The van der Waals surface area contributed by atoms with Crippen LogP contribution in [0.25, 0.3) is 17.0 Å². The molecule has 35 heavy (non-hydrogen) atoms. The van der Waals surface area contributed by atoms with Gasteiger partial charge in [0.1, 0.15) is 11.6 Å². The minimum atomic E-state index is -0.452. The Morgan fingerprint density at radius 2 is 1.66 bits per heavy atom. The molecule has 0 saturated carbocycles. The molecule has 8 heteroatoms. The van der Waals surface area contributed by atoms with Crippen molar-refractivity contribution in [3.63, 3.8) is 0 Å². The van der Waals surface area contributed by atoms with Gasteiger partial charge < -0.3 is 9.84 Å². The van der Waals surface area contributed by atoms with Crippen LogP contribution >= 0.6 is 12.2 Å². The van der Waals surface area contributed by atoms with Crippen LogP contribution < -0.4 is 10.2 Å². The predicted molar refractivity (Wildman–Crippen MR) is 136 cm³/mol. The molecule has 2 heterocycles. The second-order valence-corrected chi connectivity index (χ2v) is 8.88. The number of allylic oxidation sites excluding steroid dienone is 1. The fourth-order valence-electron chi connectivity index (χ4n) is 4.16. The Bertz CT molecular complexity index is 1450. The van der Waals surface area contributed by atoms with E-state index in [0.29, 0.717) is 33.7 Å². The first-order chi connectivity index (χ1) is 16.8. The molecule has 1 aliphatic heterocycles. The Hall–Kier alpha value is -3.91. The smallest absolute Gasteiger partial charge is 0.258 e. The number of halogens is 2. The number of nitrogens with one attached hydrogen (secondary N) is 1. The van der Waals surface area contributed by atoms with Gasteiger partial charge in [0.25, 0.3) is 5.89 Å². The van der Waals surface area contributed by atoms with E-state index in [9.17, 15) is 8.78 Å². The van der Waals surface area contributed by atoms with Crippen LogP contribution in [0.2, 0.25) is 0 Å². The summed E-state index contributed by atoms with van der Waals surface area (Å²) >= 11 is 5.71. The van der Waals surface area contributed by atoms with Crippen LogP contribution in [0, 0.1) is 25.5 Å². The van der Waals surface area contributed by atoms with E-state index in [-0.39, 0.29) is 11.6 Å². The lowest BCUT2D eigenvalue weighted by Crippen LogP contribution is -2.46. The van der Waals surface area contributed by atoms with Crippen LogP contribution in [0.1, 0.15) is 35.5 Å². The van der Waals surface area contributed by atoms with Crippen molar-refractivity contribution < 1.29 is 13.3 Å². The van der Waals surface area contributed by atoms with Gasteiger partial charge in [0.15, 0.2) is 5.11 Å². The Labute approximate surface area is 207 Å². The van der Waals surface area contributed by atoms with Gasteiger partial charge in [-0.2, -0.15) is 4.98 Å². The summed E-state index contributed by atoms with van der Waals surface area (Å²) in [6.45, 7) is 5.61. The molecule has 0 fully saturated rings. The molecule has 176 valence electrons. The first-order valence-corrected chi connectivity index (χ1v) is 11.5. The fraction of sp³-hybridized carbons (Fsp3) is 0.148. The van der Waals surface area contributed by atoms with E-state index in [1.54, 1.807) is 31.2 Å². The maximum atomic E-state index is 14.0. The summed E-state index contributed by atoms with van der Waals surface area (Å²) in [5, 5.41) is 7.95. The van der Waals surface area contributed by atoms with Gasteiger partial charge in [-0.3, -0.25) is 4.90 Å². The summed E-state index contributed by atoms with van der Waals surface area (Å²) in [7, 11) is 0. The van der Waals surface area contributed by atoms with Gasteiger partial charge in [0.2, 0.25) is 5.82 Å². The molecule has 0 spiro atoms. The molecule has 5 rings (SSSR count). The van der Waals surface area contributed by atoms with E-state index in [1.807, 2.05) is 43.0 Å². The Balaban J connectivity index is 1.65. The van der Waals surface area contributed by atoms with Crippen LogP contribution in [0.4, 0.5) is 14.5 Å². The Kier molecular flexibility index (Phi) is 5.90. The normalized spacial score (nSPS) is 16.0. The summed E-state index contributed by atoms with van der Waals surface area (Å²) < 4.78 is 33.4. The van der Waals surface area contributed by atoms with Gasteiger partial charge in [-0.15, -0.1) is 0 Å². The third-order valence-electron chi connectivity index (χ3n) is 6.05. The number of hydrogen-bond donors (Lipinski definition) is 1. The molecule has 3 aromatic carbocycles. The van der Waals surface area contributed by atoms with Gasteiger partial charge in [0.05, 0.1) is 11.6 Å². The topological polar surface area (TPSA) is 54.2 Å². The number of aryl methyl sites for hydroxylation is 2. The highest BCUT2D eigenvalue weighted by molar-refractivity contribution is 7.80. The van der Waals surface area contributed by atoms with Crippen LogP contribution in [-0.4, -0.2) is 15.3 Å². The molecule has 4 aromatic rings. The molecule has 0 radical (unpaired) electrons. The first-order valence-electron chi connectivity index (χ1n) is 11.1. The van der Waals surface area contributed by atoms with Gasteiger partial charge in [-0.1, -0.05) is 47.1 Å². The van der Waals surface area contributed by atoms with Crippen molar-refractivity contribution in [1.82, 2.24) is 15.5 Å². The van der Waals surface area contributed by atoms with Crippen LogP contribution in [0.3, 0.4) is 0 Å². The molecule has 1 aliphatic rings. The van der Waals surface area contributed by atoms with Crippen molar-refractivity contribution >= 4 is 28.6 Å². The molecule has 0 saturated heterocycles. The fourth-order valence-corrected chi connectivity index (χ4v) is 4.52. The minimum Gasteiger partial charge on any atom is -0.351 e. The Morgan fingerprint density at radius 1 is 0.943 bits per heavy atom. The van der Waals surface area contributed by atoms with Crippen molar-refractivity contribution in [2.75, 3.05) is 4.90 Å². The summed E-state index contributed by atoms with van der Waals surface area (Å²) in [5.74, 6) is 0.134. The third kappa shape index (κ3) is 4.33. The van der Waals surface area contributed by atoms with Crippen molar-refractivity contribution in [3.05, 3.63) is 107 Å². The molecule has 0 bridgehead atoms. The lowest BCUT2D eigenvalue weighted by Gasteiger charge is -2.37. The van der Waals surface area contributed by atoms with E-state index in [1.165, 1.54) is 18.2 Å². The standard InChI is InChI=1S/C27H22F2N4OS/c1-15-4-6-19(7-5-15)25-31-26(34-32-25)23-17(3)33(21-12-13-22(29)16(2)14-21)27(35)30-24(23)18-8-10-20(28)11-9-18/h4-14,24H,1-3H3,(H,30,35). The zero-order valence-corrected chi connectivity index (χ0v) is 20.2. The highest BCUT2D eigenvalue weighted by atomic mass is 32.1. The molecule has 0 amide bonds. The van der Waals surface area contributed by atoms with Crippen molar-refractivity contribution in [3.8, 4) is 11.4 Å². The predicted octanol–water partition coefficient (Wildman–Crippen LogP) is 6.50. The molecular weight excluding hydrogens is 466 g/mol. The second-order valence-electron chi connectivity index (χ2n) is 8.49. The number of hydrogen-bond acceptors (Lipinski definition) is 4. The number of anilines is 1. The summed E-state index contributed by atoms with van der Waals surface area (Å²) in [6, 6.07) is 18.4. The molecule has 1 aromatic heterocycles. The summed E-state index contributed by atoms with van der Waals surface area (Å²) in [5.41, 5.74) is 5.38. The molecular formula is C27H22F2N4OS. The average molecular weight is 489 g/mol. The number of nitrogens with zero attached hydrogens (tertiary/aromatic N) is 3. The highest BCUT2D eigenvalue weighted by Gasteiger charge is 2.35. The van der Waals surface area contributed by atoms with Crippen molar-refractivity contribution in [2.24, 2.45) is 0 Å². The largest absolute Gasteiger partial charge is 0.351 e. The third-order valence-corrected chi connectivity index (χ3v) is 6.35. The van der Waals surface area contributed by atoms with Crippen LogP contribution in [0.15, 0.2) is 77.0 Å². The van der Waals surface area contributed by atoms with Crippen molar-refractivity contribution in [1.29, 1.82) is 0 Å². The van der Waals surface area contributed by atoms with E-state index in [0.717, 1.165) is 22.4 Å². The quantitative estimate of drug-likeness (QED) is 0.331. The van der Waals surface area contributed by atoms with Gasteiger partial charge in [0, 0.05) is 16.9 Å². The molecule has 1 unspecified atom stereocenters. The molecule has 0 aliphatic carbocycles.